The molecule has 1 fully saturated rings. The summed E-state index contributed by atoms with van der Waals surface area (Å²) in [6, 6.07) is 15.8. The van der Waals surface area contributed by atoms with Crippen molar-refractivity contribution in [3.05, 3.63) is 76.1 Å². The normalized spacial score (nSPS) is 14.3. The molecule has 2 heterocycles. The third-order valence-corrected chi connectivity index (χ3v) is 5.63. The fourth-order valence-corrected chi connectivity index (χ4v) is 4.03. The van der Waals surface area contributed by atoms with Gasteiger partial charge in [0, 0.05) is 36.9 Å². The molecule has 5 nitrogen and oxygen atoms in total. The van der Waals surface area contributed by atoms with Crippen molar-refractivity contribution in [2.45, 2.75) is 20.8 Å². The van der Waals surface area contributed by atoms with E-state index >= 15 is 0 Å². The zero-order valence-corrected chi connectivity index (χ0v) is 17.8. The minimum absolute atomic E-state index is 0.0147. The summed E-state index contributed by atoms with van der Waals surface area (Å²) in [7, 11) is 0. The first-order valence-electron chi connectivity index (χ1n) is 9.86. The van der Waals surface area contributed by atoms with Gasteiger partial charge < -0.3 is 9.80 Å². The number of carbonyl (C=O) groups excluding carboxylic acids is 1. The minimum atomic E-state index is 0.0147. The summed E-state index contributed by atoms with van der Waals surface area (Å²) in [6.45, 7) is 9.19. The molecule has 0 N–H and O–H groups in total. The highest BCUT2D eigenvalue weighted by Crippen LogP contribution is 2.23. The number of aryl methyl sites for hydroxylation is 3. The fourth-order valence-electron chi connectivity index (χ4n) is 3.90. The zero-order chi connectivity index (χ0) is 20.5. The van der Waals surface area contributed by atoms with Crippen LogP contribution in [0.5, 0.6) is 0 Å². The average Bonchev–Trinajstić information content (AvgIpc) is 3.10. The van der Waals surface area contributed by atoms with E-state index in [4.69, 9.17) is 11.6 Å². The number of piperazine rings is 1. The molecular formula is C23H25ClN4O. The van der Waals surface area contributed by atoms with Crippen LogP contribution in [-0.4, -0.2) is 46.8 Å². The molecule has 1 saturated heterocycles. The number of amides is 1. The van der Waals surface area contributed by atoms with Crippen LogP contribution in [-0.2, 0) is 0 Å². The maximum atomic E-state index is 13.2. The lowest BCUT2D eigenvalue weighted by Gasteiger charge is -2.36. The Hall–Kier alpha value is -2.79. The minimum Gasteiger partial charge on any atom is -0.368 e. The van der Waals surface area contributed by atoms with Crippen molar-refractivity contribution < 1.29 is 4.79 Å². The molecule has 1 aliphatic rings. The van der Waals surface area contributed by atoms with Gasteiger partial charge in [-0.2, -0.15) is 5.10 Å². The van der Waals surface area contributed by atoms with Gasteiger partial charge in [-0.1, -0.05) is 29.3 Å². The van der Waals surface area contributed by atoms with Gasteiger partial charge in [0.25, 0.3) is 5.91 Å². The van der Waals surface area contributed by atoms with Crippen molar-refractivity contribution in [1.29, 1.82) is 0 Å². The van der Waals surface area contributed by atoms with E-state index in [-0.39, 0.29) is 5.91 Å². The van der Waals surface area contributed by atoms with Crippen molar-refractivity contribution in [3.8, 4) is 5.69 Å². The highest BCUT2D eigenvalue weighted by atomic mass is 35.5. The Kier molecular flexibility index (Phi) is 5.33. The number of anilines is 1. The molecule has 0 bridgehead atoms. The fraction of sp³-hybridized carbons (Fsp3) is 0.304. The Balaban J connectivity index is 1.51. The highest BCUT2D eigenvalue weighted by molar-refractivity contribution is 6.30. The maximum absolute atomic E-state index is 13.2. The second-order valence-corrected chi connectivity index (χ2v) is 8.06. The Labute approximate surface area is 176 Å². The van der Waals surface area contributed by atoms with E-state index in [1.807, 2.05) is 42.2 Å². The first-order chi connectivity index (χ1) is 13.9. The van der Waals surface area contributed by atoms with Gasteiger partial charge in [0.15, 0.2) is 0 Å². The third kappa shape index (κ3) is 4.01. The molecule has 0 atom stereocenters. The van der Waals surface area contributed by atoms with Crippen LogP contribution >= 0.6 is 11.6 Å². The molecule has 0 unspecified atom stereocenters. The number of nitrogens with zero attached hydrogens (tertiary/aromatic N) is 4. The summed E-state index contributed by atoms with van der Waals surface area (Å²) in [5, 5.41) is 5.18. The topological polar surface area (TPSA) is 41.4 Å². The van der Waals surface area contributed by atoms with Crippen LogP contribution in [0.3, 0.4) is 0 Å². The predicted molar refractivity (Wildman–Crippen MR) is 117 cm³/mol. The number of aromatic nitrogens is 2. The standard InChI is InChI=1S/C23H25ClN4O/c1-16-4-9-21(17(2)14-16)26-10-12-27(13-11-26)23(29)22-15-18(3)25-28(22)20-7-5-19(24)6-8-20/h4-9,14-15H,10-13H2,1-3H3. The first kappa shape index (κ1) is 19.5. The second-order valence-electron chi connectivity index (χ2n) is 7.63. The van der Waals surface area contributed by atoms with Crippen LogP contribution in [0.4, 0.5) is 5.69 Å². The maximum Gasteiger partial charge on any atom is 0.272 e. The van der Waals surface area contributed by atoms with Crippen LogP contribution in [0.1, 0.15) is 27.3 Å². The molecule has 0 aliphatic carbocycles. The molecular weight excluding hydrogens is 384 g/mol. The summed E-state index contributed by atoms with van der Waals surface area (Å²) in [4.78, 5) is 17.5. The largest absolute Gasteiger partial charge is 0.368 e. The van der Waals surface area contributed by atoms with Crippen molar-refractivity contribution in [1.82, 2.24) is 14.7 Å². The predicted octanol–water partition coefficient (Wildman–Crippen LogP) is 4.41. The van der Waals surface area contributed by atoms with Crippen LogP contribution in [0.15, 0.2) is 48.5 Å². The molecule has 4 rings (SSSR count). The molecule has 0 radical (unpaired) electrons. The Morgan fingerprint density at radius 2 is 1.62 bits per heavy atom. The van der Waals surface area contributed by atoms with Crippen molar-refractivity contribution in [2.24, 2.45) is 0 Å². The van der Waals surface area contributed by atoms with Gasteiger partial charge >= 0.3 is 0 Å². The zero-order valence-electron chi connectivity index (χ0n) is 17.0. The van der Waals surface area contributed by atoms with Gasteiger partial charge in [0.2, 0.25) is 0 Å². The summed E-state index contributed by atoms with van der Waals surface area (Å²) in [5.74, 6) is 0.0147. The smallest absolute Gasteiger partial charge is 0.272 e. The summed E-state index contributed by atoms with van der Waals surface area (Å²) < 4.78 is 1.71. The lowest BCUT2D eigenvalue weighted by Crippen LogP contribution is -2.49. The van der Waals surface area contributed by atoms with E-state index < -0.39 is 0 Å². The van der Waals surface area contributed by atoms with E-state index in [0.29, 0.717) is 23.8 Å². The molecule has 1 aliphatic heterocycles. The van der Waals surface area contributed by atoms with E-state index in [1.165, 1.54) is 16.8 Å². The van der Waals surface area contributed by atoms with E-state index in [9.17, 15) is 4.79 Å². The monoisotopic (exact) mass is 408 g/mol. The SMILES string of the molecule is Cc1ccc(N2CCN(C(=O)c3cc(C)nn3-c3ccc(Cl)cc3)CC2)c(C)c1. The van der Waals surface area contributed by atoms with Crippen LogP contribution < -0.4 is 4.90 Å². The van der Waals surface area contributed by atoms with Crippen molar-refractivity contribution in [3.63, 3.8) is 0 Å². The van der Waals surface area contributed by atoms with E-state index in [2.05, 4.69) is 42.0 Å². The number of halogens is 1. The van der Waals surface area contributed by atoms with E-state index in [0.717, 1.165) is 24.5 Å². The Bertz CT molecular complexity index is 1030. The molecule has 29 heavy (non-hydrogen) atoms. The summed E-state index contributed by atoms with van der Waals surface area (Å²) in [6.07, 6.45) is 0. The third-order valence-electron chi connectivity index (χ3n) is 5.38. The summed E-state index contributed by atoms with van der Waals surface area (Å²) in [5.41, 5.74) is 6.04. The highest BCUT2D eigenvalue weighted by Gasteiger charge is 2.26. The molecule has 3 aromatic rings. The van der Waals surface area contributed by atoms with Crippen molar-refractivity contribution >= 4 is 23.2 Å². The molecule has 2 aromatic carbocycles. The Morgan fingerprint density at radius 1 is 0.931 bits per heavy atom. The number of benzene rings is 2. The molecule has 0 spiro atoms. The molecule has 0 saturated carbocycles. The molecule has 150 valence electrons. The van der Waals surface area contributed by atoms with Crippen LogP contribution in [0, 0.1) is 20.8 Å². The van der Waals surface area contributed by atoms with Gasteiger partial charge in [-0.15, -0.1) is 0 Å². The molecule has 6 heteroatoms. The van der Waals surface area contributed by atoms with Crippen LogP contribution in [0.2, 0.25) is 5.02 Å². The quantitative estimate of drug-likeness (QED) is 0.644. The summed E-state index contributed by atoms with van der Waals surface area (Å²) >= 11 is 6.00. The lowest BCUT2D eigenvalue weighted by atomic mass is 10.1. The van der Waals surface area contributed by atoms with Gasteiger partial charge in [-0.3, -0.25) is 4.79 Å². The van der Waals surface area contributed by atoms with Gasteiger partial charge in [-0.25, -0.2) is 4.68 Å². The average molecular weight is 409 g/mol. The van der Waals surface area contributed by atoms with Gasteiger partial charge in [-0.05, 0) is 62.7 Å². The number of carbonyl (C=O) groups is 1. The lowest BCUT2D eigenvalue weighted by molar-refractivity contribution is 0.0737. The second kappa shape index (κ2) is 7.91. The number of rotatable bonds is 3. The van der Waals surface area contributed by atoms with Gasteiger partial charge in [0.05, 0.1) is 11.4 Å². The van der Waals surface area contributed by atoms with E-state index in [1.54, 1.807) is 4.68 Å². The van der Waals surface area contributed by atoms with Crippen molar-refractivity contribution in [2.75, 3.05) is 31.1 Å². The van der Waals surface area contributed by atoms with Gasteiger partial charge in [0.1, 0.15) is 5.69 Å². The Morgan fingerprint density at radius 3 is 2.28 bits per heavy atom. The first-order valence-corrected chi connectivity index (χ1v) is 10.2. The number of hydrogen-bond donors (Lipinski definition) is 0. The number of hydrogen-bond acceptors (Lipinski definition) is 3. The molecule has 1 aromatic heterocycles. The molecule has 1 amide bonds. The van der Waals surface area contributed by atoms with Crippen LogP contribution in [0.25, 0.3) is 5.69 Å².